The van der Waals surface area contributed by atoms with Crippen LogP contribution in [0, 0.1) is 5.92 Å². The molecule has 140 valence electrons. The average Bonchev–Trinajstić information content (AvgIpc) is 3.34. The van der Waals surface area contributed by atoms with Gasteiger partial charge in [-0.3, -0.25) is 9.69 Å². The molecule has 0 aromatic heterocycles. The van der Waals surface area contributed by atoms with Crippen LogP contribution in [0.25, 0.3) is 0 Å². The molecule has 1 saturated heterocycles. The number of ketones is 1. The van der Waals surface area contributed by atoms with Crippen LogP contribution < -0.4 is 4.74 Å². The van der Waals surface area contributed by atoms with Crippen molar-refractivity contribution in [1.29, 1.82) is 0 Å². The molecule has 2 aliphatic carbocycles. The number of fused-ring (bicyclic) bond motifs is 1. The summed E-state index contributed by atoms with van der Waals surface area (Å²) in [4.78, 5) is 15.3. The highest BCUT2D eigenvalue weighted by atomic mass is 16.5. The molecule has 0 radical (unpaired) electrons. The molecule has 5 heteroatoms. The van der Waals surface area contributed by atoms with Crippen molar-refractivity contribution >= 4 is 5.78 Å². The first-order chi connectivity index (χ1) is 12.4. The number of nitrogens with zero attached hydrogens (tertiary/aromatic N) is 1. The van der Waals surface area contributed by atoms with Crippen LogP contribution in [-0.2, 0) is 16.6 Å². The summed E-state index contributed by atoms with van der Waals surface area (Å²) in [6.45, 7) is 5.62. The molecule has 5 nitrogen and oxygen atoms in total. The van der Waals surface area contributed by atoms with Crippen LogP contribution in [0.1, 0.15) is 50.7 Å². The second-order valence-corrected chi connectivity index (χ2v) is 8.79. The minimum Gasteiger partial charge on any atom is -0.504 e. The molecule has 2 fully saturated rings. The molecule has 4 atom stereocenters. The van der Waals surface area contributed by atoms with Crippen LogP contribution in [0.15, 0.2) is 12.1 Å². The number of ether oxygens (including phenoxy) is 1. The molecule has 1 aromatic rings. The Hall–Kier alpha value is -1.59. The van der Waals surface area contributed by atoms with Crippen molar-refractivity contribution in [2.75, 3.05) is 13.1 Å². The predicted octanol–water partition coefficient (Wildman–Crippen LogP) is 2.16. The molecule has 4 aliphatic rings. The molecule has 2 heterocycles. The Kier molecular flexibility index (Phi) is 3.33. The number of hydrogen-bond acceptors (Lipinski definition) is 5. The van der Waals surface area contributed by atoms with Gasteiger partial charge in [0.2, 0.25) is 0 Å². The lowest BCUT2D eigenvalue weighted by Gasteiger charge is -2.59. The van der Waals surface area contributed by atoms with Crippen LogP contribution in [0.5, 0.6) is 11.5 Å². The van der Waals surface area contributed by atoms with Gasteiger partial charge in [-0.15, -0.1) is 0 Å². The van der Waals surface area contributed by atoms with Crippen molar-refractivity contribution in [3.8, 4) is 11.5 Å². The summed E-state index contributed by atoms with van der Waals surface area (Å²) < 4.78 is 6.08. The van der Waals surface area contributed by atoms with Crippen molar-refractivity contribution < 1.29 is 19.7 Å². The van der Waals surface area contributed by atoms with E-state index in [-0.39, 0.29) is 17.6 Å². The van der Waals surface area contributed by atoms with Crippen molar-refractivity contribution in [2.45, 2.75) is 69.1 Å². The molecule has 1 aromatic carbocycles. The molecule has 5 rings (SSSR count). The fourth-order valence-corrected chi connectivity index (χ4v) is 5.81. The minimum absolute atomic E-state index is 0.00289. The highest BCUT2D eigenvalue weighted by Gasteiger charge is 2.69. The third-order valence-corrected chi connectivity index (χ3v) is 7.38. The maximum absolute atomic E-state index is 12.8. The highest BCUT2D eigenvalue weighted by molar-refractivity contribution is 5.88. The zero-order valence-corrected chi connectivity index (χ0v) is 15.5. The molecule has 0 amide bonds. The largest absolute Gasteiger partial charge is 0.504 e. The Morgan fingerprint density at radius 2 is 2.15 bits per heavy atom. The SMILES string of the molecule is CCC(=O)C1Oc2c(O)ccc3c2[C@@]12CCN(CC1CC1)C(C3)C2(C)O. The third kappa shape index (κ3) is 1.91. The van der Waals surface area contributed by atoms with Gasteiger partial charge in [0.15, 0.2) is 23.4 Å². The summed E-state index contributed by atoms with van der Waals surface area (Å²) in [6.07, 6.45) is 3.64. The van der Waals surface area contributed by atoms with Gasteiger partial charge in [-0.2, -0.15) is 0 Å². The molecular formula is C21H27NO4. The number of likely N-dealkylation sites (tertiary alicyclic amines) is 1. The molecule has 2 aliphatic heterocycles. The van der Waals surface area contributed by atoms with Gasteiger partial charge in [-0.05, 0) is 56.7 Å². The smallest absolute Gasteiger partial charge is 0.174 e. The number of hydrogen-bond donors (Lipinski definition) is 2. The van der Waals surface area contributed by atoms with E-state index in [2.05, 4.69) is 4.90 Å². The van der Waals surface area contributed by atoms with Crippen molar-refractivity contribution in [3.63, 3.8) is 0 Å². The van der Waals surface area contributed by atoms with Gasteiger partial charge in [-0.1, -0.05) is 13.0 Å². The van der Waals surface area contributed by atoms with Crippen LogP contribution in [0.4, 0.5) is 0 Å². The van der Waals surface area contributed by atoms with E-state index in [4.69, 9.17) is 4.74 Å². The normalized spacial score (nSPS) is 38.0. The van der Waals surface area contributed by atoms with Gasteiger partial charge in [0.05, 0.1) is 11.0 Å². The van der Waals surface area contributed by atoms with Gasteiger partial charge in [0, 0.05) is 24.6 Å². The number of aliphatic hydroxyl groups is 1. The first-order valence-corrected chi connectivity index (χ1v) is 9.91. The molecular weight excluding hydrogens is 330 g/mol. The van der Waals surface area contributed by atoms with Gasteiger partial charge in [0.1, 0.15) is 0 Å². The van der Waals surface area contributed by atoms with Gasteiger partial charge in [-0.25, -0.2) is 0 Å². The number of piperidine rings is 1. The zero-order chi connectivity index (χ0) is 18.3. The predicted molar refractivity (Wildman–Crippen MR) is 96.5 cm³/mol. The molecule has 1 spiro atoms. The summed E-state index contributed by atoms with van der Waals surface area (Å²) in [5.41, 5.74) is 0.173. The Bertz CT molecular complexity index is 784. The van der Waals surface area contributed by atoms with E-state index in [0.717, 1.165) is 36.6 Å². The number of rotatable bonds is 4. The first kappa shape index (κ1) is 16.6. The Morgan fingerprint density at radius 1 is 1.38 bits per heavy atom. The number of carbonyl (C=O) groups excluding carboxylic acids is 1. The van der Waals surface area contributed by atoms with E-state index in [1.54, 1.807) is 6.07 Å². The lowest BCUT2D eigenvalue weighted by molar-refractivity contribution is -0.164. The molecule has 2 bridgehead atoms. The molecule has 26 heavy (non-hydrogen) atoms. The lowest BCUT2D eigenvalue weighted by Crippen LogP contribution is -2.73. The Morgan fingerprint density at radius 3 is 2.85 bits per heavy atom. The molecule has 2 N–H and O–H groups in total. The van der Waals surface area contributed by atoms with E-state index in [1.807, 2.05) is 19.9 Å². The lowest BCUT2D eigenvalue weighted by atomic mass is 9.53. The highest BCUT2D eigenvalue weighted by Crippen LogP contribution is 2.62. The summed E-state index contributed by atoms with van der Waals surface area (Å²) in [6, 6.07) is 3.60. The molecule has 3 unspecified atom stereocenters. The van der Waals surface area contributed by atoms with Gasteiger partial charge in [0.25, 0.3) is 0 Å². The van der Waals surface area contributed by atoms with E-state index in [1.165, 1.54) is 12.8 Å². The van der Waals surface area contributed by atoms with Crippen LogP contribution in [0.2, 0.25) is 0 Å². The summed E-state index contributed by atoms with van der Waals surface area (Å²) >= 11 is 0. The van der Waals surface area contributed by atoms with Crippen molar-refractivity contribution in [1.82, 2.24) is 4.90 Å². The Labute approximate surface area is 154 Å². The van der Waals surface area contributed by atoms with Gasteiger partial charge < -0.3 is 14.9 Å². The summed E-state index contributed by atoms with van der Waals surface area (Å²) in [7, 11) is 0. The van der Waals surface area contributed by atoms with Gasteiger partial charge >= 0.3 is 0 Å². The number of carbonyl (C=O) groups is 1. The zero-order valence-electron chi connectivity index (χ0n) is 15.5. The monoisotopic (exact) mass is 357 g/mol. The van der Waals surface area contributed by atoms with Crippen LogP contribution in [0.3, 0.4) is 0 Å². The molecule has 1 saturated carbocycles. The number of Topliss-reactive ketones (excluding diaryl/α,β-unsaturated/α-hetero) is 1. The third-order valence-electron chi connectivity index (χ3n) is 7.38. The van der Waals surface area contributed by atoms with Crippen LogP contribution in [-0.4, -0.2) is 51.7 Å². The number of benzene rings is 1. The van der Waals surface area contributed by atoms with E-state index < -0.39 is 17.1 Å². The second-order valence-electron chi connectivity index (χ2n) is 8.79. The number of phenols is 1. The number of aromatic hydroxyl groups is 1. The van der Waals surface area contributed by atoms with E-state index in [0.29, 0.717) is 18.6 Å². The quantitative estimate of drug-likeness (QED) is 0.864. The van der Waals surface area contributed by atoms with E-state index >= 15 is 0 Å². The standard InChI is InChI=1S/C21H27NO4/c1-3-14(23)19-21-8-9-22(11-12-4-5-12)16(20(21,2)25)10-13-6-7-15(24)18(26-19)17(13)21/h6-7,12,16,19,24-25H,3-5,8-11H2,1-2H3/t16?,19?,20?,21-/m0/s1. The second kappa shape index (κ2) is 5.23. The minimum atomic E-state index is -1.07. The van der Waals surface area contributed by atoms with Crippen molar-refractivity contribution in [3.05, 3.63) is 23.3 Å². The Balaban J connectivity index is 1.69. The number of phenolic OH excluding ortho intramolecular Hbond substituents is 1. The average molecular weight is 357 g/mol. The van der Waals surface area contributed by atoms with E-state index in [9.17, 15) is 15.0 Å². The summed E-state index contributed by atoms with van der Waals surface area (Å²) in [5.74, 6) is 1.25. The maximum Gasteiger partial charge on any atom is 0.174 e. The van der Waals surface area contributed by atoms with Crippen molar-refractivity contribution in [2.24, 2.45) is 5.92 Å². The summed E-state index contributed by atoms with van der Waals surface area (Å²) in [5, 5.41) is 22.2. The maximum atomic E-state index is 12.8. The topological polar surface area (TPSA) is 70.0 Å². The fraction of sp³-hybridized carbons (Fsp3) is 0.667. The first-order valence-electron chi connectivity index (χ1n) is 9.91. The fourth-order valence-electron chi connectivity index (χ4n) is 5.81. The van der Waals surface area contributed by atoms with Crippen LogP contribution >= 0.6 is 0 Å².